The van der Waals surface area contributed by atoms with Crippen LogP contribution in [0.1, 0.15) is 5.69 Å². The molecule has 0 aliphatic carbocycles. The summed E-state index contributed by atoms with van der Waals surface area (Å²) in [5, 5.41) is 8.65. The van der Waals surface area contributed by atoms with Crippen LogP contribution in [0.15, 0.2) is 30.6 Å². The lowest BCUT2D eigenvalue weighted by molar-refractivity contribution is 0.622. The smallest absolute Gasteiger partial charge is 0.142 e. The number of nitriles is 1. The average Bonchev–Trinajstić information content (AvgIpc) is 2.29. The number of halogens is 1. The first-order chi connectivity index (χ1) is 7.29. The summed E-state index contributed by atoms with van der Waals surface area (Å²) in [5.41, 5.74) is 1.20. The molecule has 0 spiro atoms. The molecule has 0 aliphatic heterocycles. The highest BCUT2D eigenvalue weighted by molar-refractivity contribution is 5.57. The quantitative estimate of drug-likeness (QED) is 0.703. The molecule has 2 aromatic rings. The fourth-order valence-corrected chi connectivity index (χ4v) is 1.14. The maximum absolute atomic E-state index is 12.9. The fourth-order valence-electron chi connectivity index (χ4n) is 1.14. The number of hydrogen-bond donors (Lipinski definition) is 0. The molecule has 0 aromatic carbocycles. The third-order valence-corrected chi connectivity index (χ3v) is 1.79. The number of nitrogens with zero attached hydrogens (tertiary/aromatic N) is 3. The van der Waals surface area contributed by atoms with Gasteiger partial charge in [0, 0.05) is 17.8 Å². The van der Waals surface area contributed by atoms with Gasteiger partial charge in [0.1, 0.15) is 17.6 Å². The summed E-state index contributed by atoms with van der Waals surface area (Å²) in [6.45, 7) is 0. The van der Waals surface area contributed by atoms with E-state index in [1.54, 1.807) is 6.07 Å². The predicted molar refractivity (Wildman–Crippen MR) is 51.0 cm³/mol. The predicted octanol–water partition coefficient (Wildman–Crippen LogP) is 1.95. The van der Waals surface area contributed by atoms with Crippen LogP contribution in [0.25, 0.3) is 11.3 Å². The first-order valence-electron chi connectivity index (χ1n) is 4.19. The van der Waals surface area contributed by atoms with E-state index in [0.29, 0.717) is 11.3 Å². The lowest BCUT2D eigenvalue weighted by Gasteiger charge is -1.99. The molecule has 1 radical (unpaired) electrons. The van der Waals surface area contributed by atoms with E-state index in [2.05, 4.69) is 16.0 Å². The Morgan fingerprint density at radius 2 is 2.27 bits per heavy atom. The molecule has 2 heterocycles. The van der Waals surface area contributed by atoms with E-state index in [1.165, 1.54) is 18.3 Å². The van der Waals surface area contributed by atoms with E-state index in [0.717, 1.165) is 6.20 Å². The molecule has 2 rings (SSSR count). The molecule has 0 amide bonds. The zero-order valence-corrected chi connectivity index (χ0v) is 7.61. The molecule has 0 saturated heterocycles. The van der Waals surface area contributed by atoms with E-state index < -0.39 is 5.82 Å². The van der Waals surface area contributed by atoms with Crippen LogP contribution in [0.3, 0.4) is 0 Å². The van der Waals surface area contributed by atoms with Crippen molar-refractivity contribution in [3.63, 3.8) is 0 Å². The van der Waals surface area contributed by atoms with Gasteiger partial charge in [-0.15, -0.1) is 0 Å². The van der Waals surface area contributed by atoms with Gasteiger partial charge in [-0.25, -0.2) is 9.37 Å². The summed E-state index contributed by atoms with van der Waals surface area (Å²) in [6.07, 6.45) is 2.58. The van der Waals surface area contributed by atoms with Crippen molar-refractivity contribution < 1.29 is 4.39 Å². The number of aromatic nitrogens is 2. The summed E-state index contributed by atoms with van der Waals surface area (Å²) in [5.74, 6) is -0.440. The van der Waals surface area contributed by atoms with E-state index in [4.69, 9.17) is 5.26 Å². The van der Waals surface area contributed by atoms with Gasteiger partial charge in [-0.2, -0.15) is 5.26 Å². The Hall–Kier alpha value is -2.28. The molecule has 0 fully saturated rings. The van der Waals surface area contributed by atoms with Gasteiger partial charge in [-0.05, 0) is 18.2 Å². The standard InChI is InChI=1S/C11H5FN3/c12-9-4-8(6-14-7-9)11-3-1-2-10(5-13)15-11/h1-2,4,6-7H. The summed E-state index contributed by atoms with van der Waals surface area (Å²) < 4.78 is 12.9. The summed E-state index contributed by atoms with van der Waals surface area (Å²) in [6, 6.07) is 9.14. The molecule has 2 aromatic heterocycles. The van der Waals surface area contributed by atoms with Crippen LogP contribution < -0.4 is 0 Å². The maximum atomic E-state index is 12.9. The maximum Gasteiger partial charge on any atom is 0.142 e. The molecule has 71 valence electrons. The van der Waals surface area contributed by atoms with E-state index in [-0.39, 0.29) is 5.69 Å². The third-order valence-electron chi connectivity index (χ3n) is 1.79. The molecule has 0 saturated carbocycles. The summed E-state index contributed by atoms with van der Waals surface area (Å²) >= 11 is 0. The van der Waals surface area contributed by atoms with Crippen molar-refractivity contribution in [3.05, 3.63) is 48.2 Å². The Balaban J connectivity index is 2.50. The van der Waals surface area contributed by atoms with Crippen molar-refractivity contribution in [2.45, 2.75) is 0 Å². The average molecular weight is 198 g/mol. The van der Waals surface area contributed by atoms with Crippen molar-refractivity contribution in [2.24, 2.45) is 0 Å². The molecular weight excluding hydrogens is 193 g/mol. The Morgan fingerprint density at radius 3 is 3.00 bits per heavy atom. The molecule has 3 nitrogen and oxygen atoms in total. The van der Waals surface area contributed by atoms with Crippen LogP contribution in [0.4, 0.5) is 4.39 Å². The first kappa shape index (κ1) is 9.28. The summed E-state index contributed by atoms with van der Waals surface area (Å²) in [4.78, 5) is 7.68. The van der Waals surface area contributed by atoms with Gasteiger partial charge in [0.15, 0.2) is 0 Å². The Kier molecular flexibility index (Phi) is 2.38. The Morgan fingerprint density at radius 1 is 1.40 bits per heavy atom. The molecule has 0 N–H and O–H groups in total. The van der Waals surface area contributed by atoms with Crippen LogP contribution in [-0.4, -0.2) is 9.97 Å². The minimum Gasteiger partial charge on any atom is -0.261 e. The largest absolute Gasteiger partial charge is 0.261 e. The van der Waals surface area contributed by atoms with Crippen molar-refractivity contribution >= 4 is 0 Å². The fraction of sp³-hybridized carbons (Fsp3) is 0. The SMILES string of the molecule is N#Cc1cc[c]c(-c2cncc(F)c2)n1. The number of pyridine rings is 2. The monoisotopic (exact) mass is 198 g/mol. The van der Waals surface area contributed by atoms with E-state index >= 15 is 0 Å². The zero-order chi connectivity index (χ0) is 10.7. The first-order valence-corrected chi connectivity index (χ1v) is 4.19. The van der Waals surface area contributed by atoms with Crippen LogP contribution in [0, 0.1) is 23.2 Å². The minimum absolute atomic E-state index is 0.271. The highest BCUT2D eigenvalue weighted by Crippen LogP contribution is 2.15. The van der Waals surface area contributed by atoms with Gasteiger partial charge in [-0.1, -0.05) is 0 Å². The van der Waals surface area contributed by atoms with Crippen molar-refractivity contribution in [1.82, 2.24) is 9.97 Å². The molecule has 0 bridgehead atoms. The van der Waals surface area contributed by atoms with Gasteiger partial charge in [0.25, 0.3) is 0 Å². The van der Waals surface area contributed by atoms with Gasteiger partial charge in [0.2, 0.25) is 0 Å². The normalized spacial score (nSPS) is 9.60. The highest BCUT2D eigenvalue weighted by atomic mass is 19.1. The molecule has 15 heavy (non-hydrogen) atoms. The lowest BCUT2D eigenvalue weighted by atomic mass is 10.2. The second kappa shape index (κ2) is 3.84. The third kappa shape index (κ3) is 1.97. The molecular formula is C11H5FN3. The van der Waals surface area contributed by atoms with Gasteiger partial charge in [0.05, 0.1) is 11.9 Å². The Labute approximate surface area is 85.9 Å². The van der Waals surface area contributed by atoms with Crippen molar-refractivity contribution in [1.29, 1.82) is 5.26 Å². The van der Waals surface area contributed by atoms with E-state index in [1.807, 2.05) is 6.07 Å². The molecule has 0 aliphatic rings. The highest BCUT2D eigenvalue weighted by Gasteiger charge is 2.02. The van der Waals surface area contributed by atoms with Crippen LogP contribution in [0.5, 0.6) is 0 Å². The van der Waals surface area contributed by atoms with Gasteiger partial charge in [-0.3, -0.25) is 4.98 Å². The Bertz CT molecular complexity index is 531. The zero-order valence-electron chi connectivity index (χ0n) is 7.61. The second-order valence-electron chi connectivity index (χ2n) is 2.83. The van der Waals surface area contributed by atoms with Crippen LogP contribution in [0.2, 0.25) is 0 Å². The van der Waals surface area contributed by atoms with E-state index in [9.17, 15) is 4.39 Å². The molecule has 0 atom stereocenters. The van der Waals surface area contributed by atoms with Crippen LogP contribution >= 0.6 is 0 Å². The lowest BCUT2D eigenvalue weighted by Crippen LogP contribution is -1.89. The minimum atomic E-state index is -0.440. The topological polar surface area (TPSA) is 49.6 Å². The molecule has 4 heteroatoms. The second-order valence-corrected chi connectivity index (χ2v) is 2.83. The molecule has 0 unspecified atom stereocenters. The van der Waals surface area contributed by atoms with Crippen molar-refractivity contribution in [3.8, 4) is 17.3 Å². The van der Waals surface area contributed by atoms with Gasteiger partial charge >= 0.3 is 0 Å². The van der Waals surface area contributed by atoms with Crippen molar-refractivity contribution in [2.75, 3.05) is 0 Å². The van der Waals surface area contributed by atoms with Gasteiger partial charge < -0.3 is 0 Å². The number of rotatable bonds is 1. The van der Waals surface area contributed by atoms with Crippen LogP contribution in [-0.2, 0) is 0 Å². The number of hydrogen-bond acceptors (Lipinski definition) is 3. The summed E-state index contributed by atoms with van der Waals surface area (Å²) in [7, 11) is 0.